The third kappa shape index (κ3) is 3.42. The van der Waals surface area contributed by atoms with Crippen LogP contribution >= 0.6 is 0 Å². The van der Waals surface area contributed by atoms with Crippen LogP contribution in [-0.4, -0.2) is 42.8 Å². The smallest absolute Gasteiger partial charge is 0.243 e. The first-order valence-corrected chi connectivity index (χ1v) is 4.59. The van der Waals surface area contributed by atoms with E-state index in [0.717, 1.165) is 0 Å². The molecule has 0 aliphatic heterocycles. The van der Waals surface area contributed by atoms with Crippen LogP contribution in [0.15, 0.2) is 29.3 Å². The zero-order valence-corrected chi connectivity index (χ0v) is 8.84. The number of benzene rings is 1. The van der Waals surface area contributed by atoms with Crippen LogP contribution in [0, 0.1) is 0 Å². The van der Waals surface area contributed by atoms with E-state index in [9.17, 15) is 9.90 Å². The number of likely N-dealkylation sites (N-methyl/N-ethyl adjacent to an activating group) is 1. The lowest BCUT2D eigenvalue weighted by Gasteiger charge is -2.06. The standard InChI is InChI=1S/C11H14N2O2/c1-13(2)11(15)8-12-7-9-5-3-4-6-10(9)14/h3-7,14H,8H2,1-2H3/b12-7+. The number of aromatic hydroxyl groups is 1. The van der Waals surface area contributed by atoms with Gasteiger partial charge in [-0.2, -0.15) is 0 Å². The Morgan fingerprint density at radius 2 is 2.13 bits per heavy atom. The zero-order chi connectivity index (χ0) is 11.3. The molecule has 0 unspecified atom stereocenters. The first kappa shape index (κ1) is 11.2. The number of nitrogens with zero attached hydrogens (tertiary/aromatic N) is 2. The molecule has 0 aliphatic rings. The van der Waals surface area contributed by atoms with Crippen molar-refractivity contribution in [2.24, 2.45) is 4.99 Å². The molecule has 1 rings (SSSR count). The van der Waals surface area contributed by atoms with Crippen LogP contribution in [0.2, 0.25) is 0 Å². The second kappa shape index (κ2) is 5.14. The summed E-state index contributed by atoms with van der Waals surface area (Å²) in [7, 11) is 3.36. The molecule has 1 amide bonds. The fourth-order valence-corrected chi connectivity index (χ4v) is 0.960. The van der Waals surface area contributed by atoms with Crippen LogP contribution in [0.3, 0.4) is 0 Å². The quantitative estimate of drug-likeness (QED) is 0.747. The first-order chi connectivity index (χ1) is 7.11. The van der Waals surface area contributed by atoms with Gasteiger partial charge in [-0.1, -0.05) is 12.1 Å². The molecule has 4 heteroatoms. The molecule has 1 aromatic rings. The van der Waals surface area contributed by atoms with Gasteiger partial charge in [0.1, 0.15) is 12.3 Å². The maximum atomic E-state index is 11.2. The van der Waals surface area contributed by atoms with E-state index in [1.165, 1.54) is 11.1 Å². The van der Waals surface area contributed by atoms with Gasteiger partial charge in [-0.05, 0) is 12.1 Å². The number of rotatable bonds is 3. The van der Waals surface area contributed by atoms with Crippen molar-refractivity contribution in [3.05, 3.63) is 29.8 Å². The summed E-state index contributed by atoms with van der Waals surface area (Å²) in [5.41, 5.74) is 0.615. The Morgan fingerprint density at radius 3 is 2.73 bits per heavy atom. The molecule has 1 N–H and O–H groups in total. The molecule has 4 nitrogen and oxygen atoms in total. The van der Waals surface area contributed by atoms with E-state index in [1.54, 1.807) is 38.4 Å². The molecule has 0 aromatic heterocycles. The third-order valence-corrected chi connectivity index (χ3v) is 1.89. The lowest BCUT2D eigenvalue weighted by atomic mass is 10.2. The molecule has 80 valence electrons. The molecular weight excluding hydrogens is 192 g/mol. The molecule has 0 fully saturated rings. The summed E-state index contributed by atoms with van der Waals surface area (Å²) >= 11 is 0. The Bertz CT molecular complexity index is 373. The fourth-order valence-electron chi connectivity index (χ4n) is 0.960. The minimum atomic E-state index is -0.0679. The lowest BCUT2D eigenvalue weighted by Crippen LogP contribution is -2.24. The number of hydrogen-bond donors (Lipinski definition) is 1. The molecule has 0 atom stereocenters. The number of hydrogen-bond acceptors (Lipinski definition) is 3. The molecule has 0 heterocycles. The van der Waals surface area contributed by atoms with Crippen LogP contribution in [-0.2, 0) is 4.79 Å². The van der Waals surface area contributed by atoms with Crippen molar-refractivity contribution < 1.29 is 9.90 Å². The number of carbonyl (C=O) groups is 1. The van der Waals surface area contributed by atoms with Crippen LogP contribution in [0.5, 0.6) is 5.75 Å². The van der Waals surface area contributed by atoms with Crippen LogP contribution in [0.1, 0.15) is 5.56 Å². The van der Waals surface area contributed by atoms with Gasteiger partial charge in [-0.25, -0.2) is 0 Å². The van der Waals surface area contributed by atoms with Crippen LogP contribution in [0.25, 0.3) is 0 Å². The molecule has 0 radical (unpaired) electrons. The Kier molecular flexibility index (Phi) is 3.85. The average Bonchev–Trinajstić information content (AvgIpc) is 2.20. The van der Waals surface area contributed by atoms with Gasteiger partial charge in [0.2, 0.25) is 5.91 Å². The highest BCUT2D eigenvalue weighted by atomic mass is 16.3. The van der Waals surface area contributed by atoms with Crippen molar-refractivity contribution in [1.82, 2.24) is 4.90 Å². The Balaban J connectivity index is 2.59. The summed E-state index contributed by atoms with van der Waals surface area (Å²) in [5, 5.41) is 9.40. The highest BCUT2D eigenvalue weighted by molar-refractivity contribution is 5.86. The fraction of sp³-hybridized carbons (Fsp3) is 0.273. The van der Waals surface area contributed by atoms with E-state index in [2.05, 4.69) is 4.99 Å². The number of para-hydroxylation sites is 1. The van der Waals surface area contributed by atoms with E-state index in [1.807, 2.05) is 0 Å². The van der Waals surface area contributed by atoms with Crippen molar-refractivity contribution in [2.75, 3.05) is 20.6 Å². The molecule has 0 spiro atoms. The van der Waals surface area contributed by atoms with Crippen molar-refractivity contribution in [1.29, 1.82) is 0 Å². The molecular formula is C11H14N2O2. The van der Waals surface area contributed by atoms with Crippen molar-refractivity contribution in [2.45, 2.75) is 0 Å². The first-order valence-electron chi connectivity index (χ1n) is 4.59. The normalized spacial score (nSPS) is 10.5. The number of carbonyl (C=O) groups excluding carboxylic acids is 1. The largest absolute Gasteiger partial charge is 0.507 e. The van der Waals surface area contributed by atoms with Gasteiger partial charge in [0.25, 0.3) is 0 Å². The number of phenols is 1. The van der Waals surface area contributed by atoms with Gasteiger partial charge < -0.3 is 10.0 Å². The average molecular weight is 206 g/mol. The van der Waals surface area contributed by atoms with E-state index in [0.29, 0.717) is 5.56 Å². The second-order valence-corrected chi connectivity index (χ2v) is 3.32. The number of phenolic OH excluding ortho intramolecular Hbond substituents is 1. The highest BCUT2D eigenvalue weighted by Crippen LogP contribution is 2.12. The summed E-state index contributed by atoms with van der Waals surface area (Å²) in [6.07, 6.45) is 1.50. The molecule has 15 heavy (non-hydrogen) atoms. The molecule has 1 aromatic carbocycles. The molecule has 0 saturated heterocycles. The predicted octanol–water partition coefficient (Wildman–Crippen LogP) is 0.899. The third-order valence-electron chi connectivity index (χ3n) is 1.89. The van der Waals surface area contributed by atoms with Crippen molar-refractivity contribution in [3.8, 4) is 5.75 Å². The summed E-state index contributed by atoms with van der Waals surface area (Å²) in [4.78, 5) is 16.6. The Hall–Kier alpha value is -1.84. The van der Waals surface area contributed by atoms with Gasteiger partial charge in [-0.3, -0.25) is 9.79 Å². The van der Waals surface area contributed by atoms with Gasteiger partial charge in [0, 0.05) is 25.9 Å². The number of aliphatic imine (C=N–C) groups is 1. The van der Waals surface area contributed by atoms with Crippen molar-refractivity contribution in [3.63, 3.8) is 0 Å². The second-order valence-electron chi connectivity index (χ2n) is 3.32. The summed E-state index contributed by atoms with van der Waals surface area (Å²) < 4.78 is 0. The van der Waals surface area contributed by atoms with Gasteiger partial charge in [0.05, 0.1) is 0 Å². The Morgan fingerprint density at radius 1 is 1.47 bits per heavy atom. The lowest BCUT2D eigenvalue weighted by molar-refractivity contribution is -0.127. The van der Waals surface area contributed by atoms with Gasteiger partial charge in [-0.15, -0.1) is 0 Å². The summed E-state index contributed by atoms with van der Waals surface area (Å²) in [6.45, 7) is 0.0985. The molecule has 0 aliphatic carbocycles. The Labute approximate surface area is 88.9 Å². The SMILES string of the molecule is CN(C)C(=O)C/N=C/c1ccccc1O. The summed E-state index contributed by atoms with van der Waals surface area (Å²) in [5.74, 6) is 0.0974. The maximum Gasteiger partial charge on any atom is 0.243 e. The van der Waals surface area contributed by atoms with Gasteiger partial charge >= 0.3 is 0 Å². The van der Waals surface area contributed by atoms with E-state index < -0.39 is 0 Å². The van der Waals surface area contributed by atoms with Crippen LogP contribution in [0.4, 0.5) is 0 Å². The van der Waals surface area contributed by atoms with Gasteiger partial charge in [0.15, 0.2) is 0 Å². The minimum absolute atomic E-state index is 0.0679. The van der Waals surface area contributed by atoms with E-state index in [-0.39, 0.29) is 18.2 Å². The zero-order valence-electron chi connectivity index (χ0n) is 8.84. The molecule has 0 bridgehead atoms. The van der Waals surface area contributed by atoms with Crippen molar-refractivity contribution >= 4 is 12.1 Å². The maximum absolute atomic E-state index is 11.2. The highest BCUT2D eigenvalue weighted by Gasteiger charge is 2.00. The monoisotopic (exact) mass is 206 g/mol. The topological polar surface area (TPSA) is 52.9 Å². The molecule has 0 saturated carbocycles. The van der Waals surface area contributed by atoms with E-state index in [4.69, 9.17) is 0 Å². The summed E-state index contributed by atoms with van der Waals surface area (Å²) in [6, 6.07) is 6.85. The number of amides is 1. The minimum Gasteiger partial charge on any atom is -0.507 e. The van der Waals surface area contributed by atoms with Crippen LogP contribution < -0.4 is 0 Å². The van der Waals surface area contributed by atoms with E-state index >= 15 is 0 Å². The predicted molar refractivity (Wildman–Crippen MR) is 59.3 cm³/mol.